The van der Waals surface area contributed by atoms with Gasteiger partial charge in [-0.15, -0.1) is 0 Å². The summed E-state index contributed by atoms with van der Waals surface area (Å²) in [5.41, 5.74) is 5.64. The predicted octanol–water partition coefficient (Wildman–Crippen LogP) is 1.14. The fraction of sp³-hybridized carbons (Fsp3) is 0.462. The summed E-state index contributed by atoms with van der Waals surface area (Å²) in [6.45, 7) is 1.08. The lowest BCUT2D eigenvalue weighted by Gasteiger charge is -2.35. The molecule has 0 spiro atoms. The summed E-state index contributed by atoms with van der Waals surface area (Å²) in [4.78, 5) is 11.7. The maximum atomic E-state index is 11.7. The van der Waals surface area contributed by atoms with E-state index in [2.05, 4.69) is 5.32 Å². The predicted molar refractivity (Wildman–Crippen MR) is 68.6 cm³/mol. The Bertz CT molecular complexity index is 428. The first-order chi connectivity index (χ1) is 8.66. The molecule has 98 valence electrons. The van der Waals surface area contributed by atoms with Gasteiger partial charge < -0.3 is 20.5 Å². The topological polar surface area (TPSA) is 73.6 Å². The molecular formula is C13H18N2O3. The minimum absolute atomic E-state index is 0.339. The van der Waals surface area contributed by atoms with E-state index in [-0.39, 0.29) is 5.91 Å². The molecule has 3 N–H and O–H groups in total. The Morgan fingerprint density at radius 3 is 2.78 bits per heavy atom. The molecule has 0 aliphatic carbocycles. The van der Waals surface area contributed by atoms with Crippen LogP contribution < -0.4 is 15.8 Å². The molecule has 1 aromatic rings. The van der Waals surface area contributed by atoms with Gasteiger partial charge in [-0.05, 0) is 12.1 Å². The Morgan fingerprint density at radius 2 is 2.17 bits per heavy atom. The van der Waals surface area contributed by atoms with Crippen LogP contribution in [0.2, 0.25) is 0 Å². The number of hydrogen-bond donors (Lipinski definition) is 2. The van der Waals surface area contributed by atoms with Crippen LogP contribution in [0.25, 0.3) is 0 Å². The second-order valence-corrected chi connectivity index (χ2v) is 4.42. The molecule has 5 nitrogen and oxygen atoms in total. The minimum Gasteiger partial charge on any atom is -0.497 e. The summed E-state index contributed by atoms with van der Waals surface area (Å²) in [6, 6.07) is 7.46. The summed E-state index contributed by atoms with van der Waals surface area (Å²) < 4.78 is 10.4. The fourth-order valence-electron chi connectivity index (χ4n) is 2.13. The second-order valence-electron chi connectivity index (χ2n) is 4.42. The van der Waals surface area contributed by atoms with Gasteiger partial charge in [0.2, 0.25) is 5.91 Å². The fourth-order valence-corrected chi connectivity index (χ4v) is 2.13. The molecular weight excluding hydrogens is 232 g/mol. The molecule has 1 amide bonds. The van der Waals surface area contributed by atoms with Gasteiger partial charge in [-0.2, -0.15) is 0 Å². The highest BCUT2D eigenvalue weighted by molar-refractivity contribution is 5.88. The number of hydrogen-bond acceptors (Lipinski definition) is 4. The molecule has 18 heavy (non-hydrogen) atoms. The van der Waals surface area contributed by atoms with Crippen LogP contribution in [0.5, 0.6) is 5.75 Å². The van der Waals surface area contributed by atoms with E-state index in [0.717, 1.165) is 11.4 Å². The number of benzene rings is 1. The van der Waals surface area contributed by atoms with E-state index in [4.69, 9.17) is 15.2 Å². The van der Waals surface area contributed by atoms with Crippen LogP contribution in [-0.4, -0.2) is 31.8 Å². The molecule has 1 aliphatic rings. The Morgan fingerprint density at radius 1 is 1.44 bits per heavy atom. The Kier molecular flexibility index (Phi) is 3.72. The van der Waals surface area contributed by atoms with Crippen molar-refractivity contribution in [2.45, 2.75) is 18.4 Å². The zero-order valence-corrected chi connectivity index (χ0v) is 10.4. The lowest BCUT2D eigenvalue weighted by Crippen LogP contribution is -2.53. The SMILES string of the molecule is COc1cccc(NC2(C(N)=O)CCOCC2)c1. The molecule has 0 saturated carbocycles. The van der Waals surface area contributed by atoms with E-state index < -0.39 is 5.54 Å². The van der Waals surface area contributed by atoms with E-state index in [1.807, 2.05) is 24.3 Å². The highest BCUT2D eigenvalue weighted by Gasteiger charge is 2.38. The number of rotatable bonds is 4. The number of carbonyl (C=O) groups is 1. The third kappa shape index (κ3) is 2.56. The number of primary amides is 1. The zero-order valence-electron chi connectivity index (χ0n) is 10.4. The van der Waals surface area contributed by atoms with Crippen LogP contribution in [0.1, 0.15) is 12.8 Å². The summed E-state index contributed by atoms with van der Waals surface area (Å²) >= 11 is 0. The number of nitrogens with two attached hydrogens (primary N) is 1. The first-order valence-corrected chi connectivity index (χ1v) is 5.96. The highest BCUT2D eigenvalue weighted by Crippen LogP contribution is 2.27. The number of carbonyl (C=O) groups excluding carboxylic acids is 1. The van der Waals surface area contributed by atoms with Crippen LogP contribution >= 0.6 is 0 Å². The van der Waals surface area contributed by atoms with Crippen molar-refractivity contribution in [3.8, 4) is 5.75 Å². The number of ether oxygens (including phenoxy) is 2. The van der Waals surface area contributed by atoms with Crippen LogP contribution in [0.3, 0.4) is 0 Å². The number of amides is 1. The summed E-state index contributed by atoms with van der Waals surface area (Å²) in [5.74, 6) is 0.403. The summed E-state index contributed by atoms with van der Waals surface area (Å²) in [6.07, 6.45) is 1.17. The van der Waals surface area contributed by atoms with Crippen molar-refractivity contribution in [1.82, 2.24) is 0 Å². The van der Waals surface area contributed by atoms with Crippen LogP contribution in [0, 0.1) is 0 Å². The van der Waals surface area contributed by atoms with Gasteiger partial charge in [-0.3, -0.25) is 4.79 Å². The molecule has 0 radical (unpaired) electrons. The van der Waals surface area contributed by atoms with Gasteiger partial charge in [0.05, 0.1) is 7.11 Å². The molecule has 0 unspecified atom stereocenters. The quantitative estimate of drug-likeness (QED) is 0.840. The molecule has 5 heteroatoms. The van der Waals surface area contributed by atoms with Crippen molar-refractivity contribution < 1.29 is 14.3 Å². The van der Waals surface area contributed by atoms with Gasteiger partial charge in [0.25, 0.3) is 0 Å². The Balaban J connectivity index is 2.20. The van der Waals surface area contributed by atoms with E-state index in [1.165, 1.54) is 0 Å². The Labute approximate surface area is 106 Å². The third-order valence-corrected chi connectivity index (χ3v) is 3.27. The summed E-state index contributed by atoms with van der Waals surface area (Å²) in [5, 5.41) is 3.23. The molecule has 0 bridgehead atoms. The molecule has 0 atom stereocenters. The average Bonchev–Trinajstić information content (AvgIpc) is 2.40. The Hall–Kier alpha value is -1.75. The molecule has 1 aromatic carbocycles. The van der Waals surface area contributed by atoms with Gasteiger partial charge >= 0.3 is 0 Å². The highest BCUT2D eigenvalue weighted by atomic mass is 16.5. The van der Waals surface area contributed by atoms with Crippen molar-refractivity contribution in [1.29, 1.82) is 0 Å². The van der Waals surface area contributed by atoms with Gasteiger partial charge in [-0.25, -0.2) is 0 Å². The van der Waals surface area contributed by atoms with E-state index in [1.54, 1.807) is 7.11 Å². The van der Waals surface area contributed by atoms with Crippen LogP contribution in [-0.2, 0) is 9.53 Å². The van der Waals surface area contributed by atoms with Crippen LogP contribution in [0.4, 0.5) is 5.69 Å². The molecule has 0 aromatic heterocycles. The summed E-state index contributed by atoms with van der Waals surface area (Å²) in [7, 11) is 1.61. The number of anilines is 1. The molecule has 1 aliphatic heterocycles. The van der Waals surface area contributed by atoms with Gasteiger partial charge in [0, 0.05) is 37.8 Å². The monoisotopic (exact) mass is 250 g/mol. The number of nitrogens with one attached hydrogen (secondary N) is 1. The standard InChI is InChI=1S/C13H18N2O3/c1-17-11-4-2-3-10(9-11)15-13(12(14)16)5-7-18-8-6-13/h2-4,9,15H,5-8H2,1H3,(H2,14,16). The van der Waals surface area contributed by atoms with Crippen molar-refractivity contribution in [3.05, 3.63) is 24.3 Å². The van der Waals surface area contributed by atoms with Crippen molar-refractivity contribution in [2.75, 3.05) is 25.6 Å². The maximum absolute atomic E-state index is 11.7. The lowest BCUT2D eigenvalue weighted by atomic mass is 9.89. The van der Waals surface area contributed by atoms with E-state index in [0.29, 0.717) is 26.1 Å². The molecule has 1 saturated heterocycles. The van der Waals surface area contributed by atoms with Crippen molar-refractivity contribution in [2.24, 2.45) is 5.73 Å². The average molecular weight is 250 g/mol. The lowest BCUT2D eigenvalue weighted by molar-refractivity contribution is -0.125. The third-order valence-electron chi connectivity index (χ3n) is 3.27. The van der Waals surface area contributed by atoms with E-state index in [9.17, 15) is 4.79 Å². The first kappa shape index (κ1) is 12.7. The second kappa shape index (κ2) is 5.27. The van der Waals surface area contributed by atoms with Gasteiger partial charge in [0.1, 0.15) is 11.3 Å². The number of methoxy groups -OCH3 is 1. The van der Waals surface area contributed by atoms with Crippen molar-refractivity contribution >= 4 is 11.6 Å². The van der Waals surface area contributed by atoms with Crippen molar-refractivity contribution in [3.63, 3.8) is 0 Å². The first-order valence-electron chi connectivity index (χ1n) is 5.96. The van der Waals surface area contributed by atoms with Gasteiger partial charge in [-0.1, -0.05) is 6.07 Å². The normalized spacial score (nSPS) is 18.1. The molecule has 2 rings (SSSR count). The molecule has 1 heterocycles. The zero-order chi connectivity index (χ0) is 13.0. The largest absolute Gasteiger partial charge is 0.497 e. The van der Waals surface area contributed by atoms with Gasteiger partial charge in [0.15, 0.2) is 0 Å². The van der Waals surface area contributed by atoms with Crippen LogP contribution in [0.15, 0.2) is 24.3 Å². The van der Waals surface area contributed by atoms with E-state index >= 15 is 0 Å². The maximum Gasteiger partial charge on any atom is 0.243 e. The minimum atomic E-state index is -0.718. The smallest absolute Gasteiger partial charge is 0.243 e. The molecule has 1 fully saturated rings.